The zero-order valence-corrected chi connectivity index (χ0v) is 12.4. The Hall–Kier alpha value is -1.65. The maximum atomic E-state index is 11.8. The van der Waals surface area contributed by atoms with E-state index in [9.17, 15) is 4.79 Å². The van der Waals surface area contributed by atoms with Crippen molar-refractivity contribution in [1.82, 2.24) is 0 Å². The van der Waals surface area contributed by atoms with E-state index in [0.29, 0.717) is 22.9 Å². The lowest BCUT2D eigenvalue weighted by molar-refractivity contribution is -0.115. The van der Waals surface area contributed by atoms with E-state index >= 15 is 0 Å². The highest BCUT2D eigenvalue weighted by Gasteiger charge is 2.04. The molecule has 0 bridgehead atoms. The monoisotopic (exact) mass is 306 g/mol. The molecule has 0 aliphatic rings. The lowest BCUT2D eigenvalue weighted by Crippen LogP contribution is -2.11. The third-order valence-electron chi connectivity index (χ3n) is 2.63. The fourth-order valence-corrected chi connectivity index (χ4v) is 2.74. The van der Waals surface area contributed by atoms with Crippen molar-refractivity contribution in [3.63, 3.8) is 0 Å². The van der Waals surface area contributed by atoms with E-state index in [-0.39, 0.29) is 5.91 Å². The second kappa shape index (κ2) is 7.22. The number of rotatable bonds is 5. The summed E-state index contributed by atoms with van der Waals surface area (Å²) >= 11 is 7.53. The highest BCUT2D eigenvalue weighted by Crippen LogP contribution is 2.26. The third-order valence-corrected chi connectivity index (χ3v) is 3.95. The molecule has 5 heteroatoms. The minimum absolute atomic E-state index is 0.00485. The minimum Gasteiger partial charge on any atom is -0.398 e. The molecule has 3 nitrogen and oxygen atoms in total. The van der Waals surface area contributed by atoms with Gasteiger partial charge in [-0.25, -0.2) is 0 Å². The van der Waals surface area contributed by atoms with Crippen LogP contribution < -0.4 is 11.1 Å². The van der Waals surface area contributed by atoms with Gasteiger partial charge in [-0.05, 0) is 30.3 Å². The Kier molecular flexibility index (Phi) is 5.32. The number of carbonyl (C=O) groups is 1. The summed E-state index contributed by atoms with van der Waals surface area (Å²) in [6.07, 6.45) is 0.446. The molecule has 0 aromatic heterocycles. The van der Waals surface area contributed by atoms with Crippen LogP contribution in [0.25, 0.3) is 0 Å². The number of hydrogen-bond acceptors (Lipinski definition) is 3. The SMILES string of the molecule is Nc1ccc(SCCC(=O)Nc2ccccc2)cc1Cl. The van der Waals surface area contributed by atoms with Gasteiger partial charge >= 0.3 is 0 Å². The molecule has 0 aliphatic heterocycles. The van der Waals surface area contributed by atoms with Crippen LogP contribution in [0.3, 0.4) is 0 Å². The van der Waals surface area contributed by atoms with Crippen LogP contribution >= 0.6 is 23.4 Å². The number of nitrogens with one attached hydrogen (secondary N) is 1. The Morgan fingerprint density at radius 2 is 1.95 bits per heavy atom. The van der Waals surface area contributed by atoms with Crippen LogP contribution in [-0.2, 0) is 4.79 Å². The zero-order chi connectivity index (χ0) is 14.4. The van der Waals surface area contributed by atoms with Gasteiger partial charge in [0.1, 0.15) is 0 Å². The molecule has 0 saturated carbocycles. The standard InChI is InChI=1S/C15H15ClN2OS/c16-13-10-12(6-7-14(13)17)20-9-8-15(19)18-11-4-2-1-3-5-11/h1-7,10H,8-9,17H2,(H,18,19). The van der Waals surface area contributed by atoms with Crippen molar-refractivity contribution in [3.8, 4) is 0 Å². The molecule has 104 valence electrons. The van der Waals surface area contributed by atoms with E-state index in [2.05, 4.69) is 5.32 Å². The Bertz CT molecular complexity index is 590. The lowest BCUT2D eigenvalue weighted by atomic mass is 10.3. The molecule has 0 atom stereocenters. The van der Waals surface area contributed by atoms with Gasteiger partial charge < -0.3 is 11.1 Å². The van der Waals surface area contributed by atoms with Crippen molar-refractivity contribution in [2.45, 2.75) is 11.3 Å². The van der Waals surface area contributed by atoms with E-state index in [4.69, 9.17) is 17.3 Å². The second-order valence-corrected chi connectivity index (χ2v) is 5.77. The topological polar surface area (TPSA) is 55.1 Å². The lowest BCUT2D eigenvalue weighted by Gasteiger charge is -2.06. The van der Waals surface area contributed by atoms with Crippen LogP contribution in [0.5, 0.6) is 0 Å². The Balaban J connectivity index is 1.78. The normalized spacial score (nSPS) is 10.2. The average molecular weight is 307 g/mol. The van der Waals surface area contributed by atoms with Crippen molar-refractivity contribution < 1.29 is 4.79 Å². The summed E-state index contributed by atoms with van der Waals surface area (Å²) in [5.41, 5.74) is 7.03. The van der Waals surface area contributed by atoms with Crippen molar-refractivity contribution >= 4 is 40.6 Å². The second-order valence-electron chi connectivity index (χ2n) is 4.20. The quantitative estimate of drug-likeness (QED) is 0.647. The largest absolute Gasteiger partial charge is 0.398 e. The van der Waals surface area contributed by atoms with E-state index < -0.39 is 0 Å². The zero-order valence-electron chi connectivity index (χ0n) is 10.8. The number of anilines is 2. The fourth-order valence-electron chi connectivity index (χ4n) is 1.60. The summed E-state index contributed by atoms with van der Waals surface area (Å²) in [7, 11) is 0. The number of thioether (sulfide) groups is 1. The molecule has 0 saturated heterocycles. The van der Waals surface area contributed by atoms with Gasteiger partial charge in [0.2, 0.25) is 5.91 Å². The van der Waals surface area contributed by atoms with Gasteiger partial charge in [-0.3, -0.25) is 4.79 Å². The van der Waals surface area contributed by atoms with Crippen LogP contribution in [0.1, 0.15) is 6.42 Å². The number of amides is 1. The Morgan fingerprint density at radius 3 is 2.65 bits per heavy atom. The van der Waals surface area contributed by atoms with E-state index in [1.165, 1.54) is 0 Å². The minimum atomic E-state index is 0.00485. The summed E-state index contributed by atoms with van der Waals surface area (Å²) in [5, 5.41) is 3.40. The molecule has 2 aromatic carbocycles. The first-order valence-electron chi connectivity index (χ1n) is 6.18. The number of para-hydroxylation sites is 1. The molecule has 2 rings (SSSR count). The number of hydrogen-bond donors (Lipinski definition) is 2. The molecule has 0 aliphatic carbocycles. The summed E-state index contributed by atoms with van der Waals surface area (Å²) in [5.74, 6) is 0.698. The first-order chi connectivity index (χ1) is 9.65. The highest BCUT2D eigenvalue weighted by atomic mass is 35.5. The molecule has 0 heterocycles. The Morgan fingerprint density at radius 1 is 1.20 bits per heavy atom. The van der Waals surface area contributed by atoms with E-state index in [1.54, 1.807) is 17.8 Å². The predicted molar refractivity (Wildman–Crippen MR) is 86.3 cm³/mol. The van der Waals surface area contributed by atoms with Gasteiger partial charge in [0.15, 0.2) is 0 Å². The first-order valence-corrected chi connectivity index (χ1v) is 7.54. The smallest absolute Gasteiger partial charge is 0.225 e. The summed E-state index contributed by atoms with van der Waals surface area (Å²) < 4.78 is 0. The molecule has 20 heavy (non-hydrogen) atoms. The Labute approximate surface area is 127 Å². The summed E-state index contributed by atoms with van der Waals surface area (Å²) in [6.45, 7) is 0. The summed E-state index contributed by atoms with van der Waals surface area (Å²) in [4.78, 5) is 12.8. The maximum absolute atomic E-state index is 11.8. The van der Waals surface area contributed by atoms with Gasteiger partial charge in [0.25, 0.3) is 0 Å². The average Bonchev–Trinajstić information content (AvgIpc) is 2.44. The molecule has 0 radical (unpaired) electrons. The van der Waals surface area contributed by atoms with Crippen LogP contribution in [-0.4, -0.2) is 11.7 Å². The third kappa shape index (κ3) is 4.47. The van der Waals surface area contributed by atoms with E-state index in [1.807, 2.05) is 42.5 Å². The summed E-state index contributed by atoms with van der Waals surface area (Å²) in [6, 6.07) is 14.9. The van der Waals surface area contributed by atoms with Gasteiger partial charge in [-0.15, -0.1) is 11.8 Å². The predicted octanol–water partition coefficient (Wildman–Crippen LogP) is 4.04. The van der Waals surface area contributed by atoms with E-state index in [0.717, 1.165) is 10.6 Å². The molecular weight excluding hydrogens is 292 g/mol. The molecule has 0 spiro atoms. The van der Waals surface area contributed by atoms with Crippen LogP contribution in [0.15, 0.2) is 53.4 Å². The molecular formula is C15H15ClN2OS. The number of benzene rings is 2. The highest BCUT2D eigenvalue weighted by molar-refractivity contribution is 7.99. The van der Waals surface area contributed by atoms with Gasteiger partial charge in [0, 0.05) is 22.8 Å². The van der Waals surface area contributed by atoms with Crippen molar-refractivity contribution in [2.75, 3.05) is 16.8 Å². The maximum Gasteiger partial charge on any atom is 0.225 e. The fraction of sp³-hybridized carbons (Fsp3) is 0.133. The molecule has 1 amide bonds. The number of halogens is 1. The van der Waals surface area contributed by atoms with Crippen molar-refractivity contribution in [2.24, 2.45) is 0 Å². The van der Waals surface area contributed by atoms with Gasteiger partial charge in [-0.1, -0.05) is 29.8 Å². The molecule has 3 N–H and O–H groups in total. The van der Waals surface area contributed by atoms with Crippen molar-refractivity contribution in [3.05, 3.63) is 53.6 Å². The number of nitrogens with two attached hydrogens (primary N) is 1. The van der Waals surface area contributed by atoms with Crippen LogP contribution in [0.2, 0.25) is 5.02 Å². The van der Waals surface area contributed by atoms with Crippen LogP contribution in [0.4, 0.5) is 11.4 Å². The van der Waals surface area contributed by atoms with Gasteiger partial charge in [-0.2, -0.15) is 0 Å². The van der Waals surface area contributed by atoms with Crippen molar-refractivity contribution in [1.29, 1.82) is 0 Å². The first kappa shape index (κ1) is 14.8. The molecule has 2 aromatic rings. The van der Waals surface area contributed by atoms with Crippen LogP contribution in [0, 0.1) is 0 Å². The molecule has 0 unspecified atom stereocenters. The number of carbonyl (C=O) groups excluding carboxylic acids is 1. The number of nitrogen functional groups attached to an aromatic ring is 1. The molecule has 0 fully saturated rings. The van der Waals surface area contributed by atoms with Gasteiger partial charge in [0.05, 0.1) is 10.7 Å².